The zero-order chi connectivity index (χ0) is 12.9. The maximum Gasteiger partial charge on any atom is 0.128 e. The first-order valence-corrected chi connectivity index (χ1v) is 6.14. The Morgan fingerprint density at radius 1 is 1.41 bits per heavy atom. The van der Waals surface area contributed by atoms with Crippen molar-refractivity contribution in [1.29, 1.82) is 0 Å². The molecule has 0 aliphatic rings. The minimum absolute atomic E-state index is 0.204. The normalized spacial score (nSPS) is 14.4. The smallest absolute Gasteiger partial charge is 0.128 e. The van der Waals surface area contributed by atoms with Crippen molar-refractivity contribution in [3.63, 3.8) is 0 Å². The predicted octanol–water partition coefficient (Wildman–Crippen LogP) is 4.05. The lowest BCUT2D eigenvalue weighted by Gasteiger charge is -2.26. The molecule has 1 aromatic carbocycles. The van der Waals surface area contributed by atoms with Crippen LogP contribution in [0.25, 0.3) is 0 Å². The van der Waals surface area contributed by atoms with Crippen LogP contribution in [0.15, 0.2) is 30.9 Å². The molecular formula is C15H22FN. The van der Waals surface area contributed by atoms with Crippen molar-refractivity contribution in [1.82, 2.24) is 0 Å². The Morgan fingerprint density at radius 2 is 2.12 bits per heavy atom. The Hall–Kier alpha value is -1.15. The summed E-state index contributed by atoms with van der Waals surface area (Å²) < 4.78 is 13.7. The third-order valence-electron chi connectivity index (χ3n) is 3.09. The van der Waals surface area contributed by atoms with Crippen LogP contribution in [-0.2, 0) is 5.54 Å². The summed E-state index contributed by atoms with van der Waals surface area (Å²) in [6.07, 6.45) is 5.74. The van der Waals surface area contributed by atoms with Crippen LogP contribution in [0.5, 0.6) is 0 Å². The molecule has 1 aromatic rings. The number of hydrogen-bond donors (Lipinski definition) is 1. The molecule has 0 fully saturated rings. The molecule has 2 N–H and O–H groups in total. The molecule has 94 valence electrons. The van der Waals surface area contributed by atoms with E-state index in [0.717, 1.165) is 31.2 Å². The molecule has 0 saturated carbocycles. The number of aryl methyl sites for hydroxylation is 1. The summed E-state index contributed by atoms with van der Waals surface area (Å²) in [6, 6.07) is 5.12. The number of hydrogen-bond acceptors (Lipinski definition) is 1. The maximum atomic E-state index is 13.7. The van der Waals surface area contributed by atoms with E-state index in [1.165, 1.54) is 6.07 Å². The van der Waals surface area contributed by atoms with Crippen LogP contribution in [0.1, 0.15) is 43.7 Å². The molecule has 0 aliphatic carbocycles. The molecule has 0 aliphatic heterocycles. The van der Waals surface area contributed by atoms with Crippen LogP contribution >= 0.6 is 0 Å². The molecular weight excluding hydrogens is 213 g/mol. The lowest BCUT2D eigenvalue weighted by molar-refractivity contribution is 0.408. The van der Waals surface area contributed by atoms with Gasteiger partial charge in [-0.2, -0.15) is 0 Å². The topological polar surface area (TPSA) is 26.0 Å². The highest BCUT2D eigenvalue weighted by Crippen LogP contribution is 2.27. The Balaban J connectivity index is 2.74. The number of unbranched alkanes of at least 4 members (excludes halogenated alkanes) is 2. The maximum absolute atomic E-state index is 13.7. The van der Waals surface area contributed by atoms with Gasteiger partial charge in [-0.25, -0.2) is 4.39 Å². The first-order valence-electron chi connectivity index (χ1n) is 6.14. The van der Waals surface area contributed by atoms with Crippen molar-refractivity contribution < 1.29 is 4.39 Å². The fourth-order valence-corrected chi connectivity index (χ4v) is 1.99. The average molecular weight is 235 g/mol. The monoisotopic (exact) mass is 235 g/mol. The van der Waals surface area contributed by atoms with Gasteiger partial charge in [0.2, 0.25) is 0 Å². The predicted molar refractivity (Wildman–Crippen MR) is 71.3 cm³/mol. The van der Waals surface area contributed by atoms with Crippen molar-refractivity contribution >= 4 is 0 Å². The number of allylic oxidation sites excluding steroid dienone is 1. The standard InChI is InChI=1S/C15H22FN/c1-4-5-6-7-10-15(3,17)13-11-12(2)8-9-14(13)16/h4,8-9,11H,1,5-7,10,17H2,2-3H3. The largest absolute Gasteiger partial charge is 0.322 e. The summed E-state index contributed by atoms with van der Waals surface area (Å²) in [4.78, 5) is 0. The van der Waals surface area contributed by atoms with E-state index in [2.05, 4.69) is 6.58 Å². The minimum Gasteiger partial charge on any atom is -0.322 e. The zero-order valence-corrected chi connectivity index (χ0v) is 10.8. The quantitative estimate of drug-likeness (QED) is 0.584. The molecule has 0 bridgehead atoms. The van der Waals surface area contributed by atoms with Crippen molar-refractivity contribution in [3.8, 4) is 0 Å². The van der Waals surface area contributed by atoms with Crippen LogP contribution < -0.4 is 5.73 Å². The molecule has 0 saturated heterocycles. The van der Waals surface area contributed by atoms with E-state index in [0.29, 0.717) is 5.56 Å². The zero-order valence-electron chi connectivity index (χ0n) is 10.8. The van der Waals surface area contributed by atoms with E-state index in [4.69, 9.17) is 5.73 Å². The van der Waals surface area contributed by atoms with Gasteiger partial charge in [0, 0.05) is 11.1 Å². The lowest BCUT2D eigenvalue weighted by Crippen LogP contribution is -2.34. The Bertz CT molecular complexity index is 383. The third-order valence-corrected chi connectivity index (χ3v) is 3.09. The summed E-state index contributed by atoms with van der Waals surface area (Å²) in [7, 11) is 0. The molecule has 0 aromatic heterocycles. The van der Waals surface area contributed by atoms with Crippen LogP contribution in [0.4, 0.5) is 4.39 Å². The molecule has 1 unspecified atom stereocenters. The summed E-state index contributed by atoms with van der Waals surface area (Å²) in [5.41, 5.74) is 7.31. The van der Waals surface area contributed by atoms with Gasteiger partial charge in [0.25, 0.3) is 0 Å². The Labute approximate surface area is 104 Å². The van der Waals surface area contributed by atoms with Crippen LogP contribution in [0, 0.1) is 12.7 Å². The second-order valence-corrected chi connectivity index (χ2v) is 4.94. The Morgan fingerprint density at radius 3 is 2.76 bits per heavy atom. The second kappa shape index (κ2) is 5.97. The van der Waals surface area contributed by atoms with E-state index in [9.17, 15) is 4.39 Å². The van der Waals surface area contributed by atoms with Gasteiger partial charge in [-0.1, -0.05) is 30.2 Å². The number of benzene rings is 1. The fraction of sp³-hybridized carbons (Fsp3) is 0.467. The molecule has 0 spiro atoms. The number of nitrogens with two attached hydrogens (primary N) is 1. The summed E-state index contributed by atoms with van der Waals surface area (Å²) in [6.45, 7) is 7.54. The van der Waals surface area contributed by atoms with Crippen molar-refractivity contribution in [3.05, 3.63) is 47.8 Å². The van der Waals surface area contributed by atoms with E-state index >= 15 is 0 Å². The number of rotatable bonds is 6. The molecule has 1 rings (SSSR count). The van der Waals surface area contributed by atoms with Crippen molar-refractivity contribution in [2.45, 2.75) is 45.1 Å². The first kappa shape index (κ1) is 13.9. The SMILES string of the molecule is C=CCCCCC(C)(N)c1cc(C)ccc1F. The van der Waals surface area contributed by atoms with Crippen LogP contribution in [-0.4, -0.2) is 0 Å². The molecule has 0 heterocycles. The van der Waals surface area contributed by atoms with Gasteiger partial charge in [-0.3, -0.25) is 0 Å². The van der Waals surface area contributed by atoms with Crippen LogP contribution in [0.3, 0.4) is 0 Å². The van der Waals surface area contributed by atoms with Crippen molar-refractivity contribution in [2.75, 3.05) is 0 Å². The minimum atomic E-state index is -0.586. The van der Waals surface area contributed by atoms with Crippen LogP contribution in [0.2, 0.25) is 0 Å². The molecule has 0 radical (unpaired) electrons. The summed E-state index contributed by atoms with van der Waals surface area (Å²) in [5.74, 6) is -0.204. The van der Waals surface area contributed by atoms with E-state index < -0.39 is 5.54 Å². The molecule has 17 heavy (non-hydrogen) atoms. The molecule has 0 amide bonds. The van der Waals surface area contributed by atoms with Gasteiger partial charge in [-0.05, 0) is 39.2 Å². The van der Waals surface area contributed by atoms with Crippen molar-refractivity contribution in [2.24, 2.45) is 5.73 Å². The van der Waals surface area contributed by atoms with Gasteiger partial charge in [0.05, 0.1) is 0 Å². The highest BCUT2D eigenvalue weighted by Gasteiger charge is 2.24. The van der Waals surface area contributed by atoms with Gasteiger partial charge in [-0.15, -0.1) is 6.58 Å². The van der Waals surface area contributed by atoms with E-state index in [1.54, 1.807) is 6.07 Å². The average Bonchev–Trinajstić information content (AvgIpc) is 2.28. The Kier molecular flexibility index (Phi) is 4.88. The fourth-order valence-electron chi connectivity index (χ4n) is 1.99. The highest BCUT2D eigenvalue weighted by atomic mass is 19.1. The summed E-state index contributed by atoms with van der Waals surface area (Å²) >= 11 is 0. The molecule has 1 atom stereocenters. The summed E-state index contributed by atoms with van der Waals surface area (Å²) in [5, 5.41) is 0. The van der Waals surface area contributed by atoms with Gasteiger partial charge >= 0.3 is 0 Å². The molecule has 1 nitrogen and oxygen atoms in total. The second-order valence-electron chi connectivity index (χ2n) is 4.94. The lowest BCUT2D eigenvalue weighted by atomic mass is 9.86. The van der Waals surface area contributed by atoms with E-state index in [1.807, 2.05) is 26.0 Å². The van der Waals surface area contributed by atoms with Gasteiger partial charge < -0.3 is 5.73 Å². The van der Waals surface area contributed by atoms with E-state index in [-0.39, 0.29) is 5.82 Å². The number of halogens is 1. The first-order chi connectivity index (χ1) is 7.97. The van der Waals surface area contributed by atoms with Gasteiger partial charge in [0.1, 0.15) is 5.82 Å². The highest BCUT2D eigenvalue weighted by molar-refractivity contribution is 5.29. The van der Waals surface area contributed by atoms with Gasteiger partial charge in [0.15, 0.2) is 0 Å². The molecule has 2 heteroatoms. The third kappa shape index (κ3) is 3.97.